The summed E-state index contributed by atoms with van der Waals surface area (Å²) < 4.78 is 1.07. The Bertz CT molecular complexity index is 609. The molecule has 3 aliphatic rings. The van der Waals surface area contributed by atoms with Gasteiger partial charge in [-0.3, -0.25) is 4.99 Å². The molecule has 0 amide bonds. The minimum atomic E-state index is -0.160. The van der Waals surface area contributed by atoms with Crippen LogP contribution in [0.5, 0.6) is 0 Å². The Balaban J connectivity index is 2.22. The lowest BCUT2D eigenvalue weighted by atomic mass is 9.66. The van der Waals surface area contributed by atoms with Crippen molar-refractivity contribution in [3.8, 4) is 6.07 Å². The molecule has 0 saturated heterocycles. The predicted octanol–water partition coefficient (Wildman–Crippen LogP) is 3.57. The summed E-state index contributed by atoms with van der Waals surface area (Å²) in [6, 6.07) is 2.21. The Morgan fingerprint density at radius 3 is 3.00 bits per heavy atom. The largest absolute Gasteiger partial charge is 0.268 e. The fourth-order valence-corrected chi connectivity index (χ4v) is 2.84. The summed E-state index contributed by atoms with van der Waals surface area (Å²) in [6.45, 7) is 0. The molecular formula is C14H9BrN2. The number of nitriles is 1. The molecule has 3 rings (SSSR count). The Kier molecular flexibility index (Phi) is 2.27. The first-order valence-corrected chi connectivity index (χ1v) is 6.17. The maximum absolute atomic E-state index is 9.06. The molecule has 0 N–H and O–H groups in total. The third-order valence-electron chi connectivity index (χ3n) is 3.33. The van der Waals surface area contributed by atoms with E-state index in [2.05, 4.69) is 39.1 Å². The van der Waals surface area contributed by atoms with Gasteiger partial charge in [-0.1, -0.05) is 22.0 Å². The van der Waals surface area contributed by atoms with Crippen molar-refractivity contribution < 1.29 is 0 Å². The average molecular weight is 285 g/mol. The molecule has 1 aliphatic heterocycles. The summed E-state index contributed by atoms with van der Waals surface area (Å²) in [5.74, 6) is 0. The number of rotatable bonds is 0. The van der Waals surface area contributed by atoms with Crippen molar-refractivity contribution in [2.45, 2.75) is 6.42 Å². The van der Waals surface area contributed by atoms with Gasteiger partial charge in [0.15, 0.2) is 0 Å². The van der Waals surface area contributed by atoms with Gasteiger partial charge in [0.2, 0.25) is 0 Å². The van der Waals surface area contributed by atoms with Crippen molar-refractivity contribution >= 4 is 22.1 Å². The van der Waals surface area contributed by atoms with E-state index in [1.54, 1.807) is 6.20 Å². The summed E-state index contributed by atoms with van der Waals surface area (Å²) in [5.41, 5.74) is 2.82. The second-order valence-electron chi connectivity index (χ2n) is 4.27. The molecule has 0 aromatic rings. The van der Waals surface area contributed by atoms with E-state index in [0.29, 0.717) is 5.57 Å². The number of halogens is 1. The molecule has 0 saturated carbocycles. The molecule has 2 aliphatic carbocycles. The van der Waals surface area contributed by atoms with Crippen LogP contribution in [-0.2, 0) is 0 Å². The van der Waals surface area contributed by atoms with Crippen LogP contribution < -0.4 is 0 Å². The van der Waals surface area contributed by atoms with Gasteiger partial charge in [-0.05, 0) is 41.9 Å². The molecule has 0 bridgehead atoms. The van der Waals surface area contributed by atoms with Gasteiger partial charge in [0.25, 0.3) is 0 Å². The molecular weight excluding hydrogens is 276 g/mol. The number of allylic oxidation sites excluding steroid dienone is 9. The molecule has 3 heteroatoms. The van der Waals surface area contributed by atoms with Crippen LogP contribution in [0.1, 0.15) is 6.42 Å². The minimum Gasteiger partial charge on any atom is -0.268 e. The lowest BCUT2D eigenvalue weighted by Gasteiger charge is -2.37. The van der Waals surface area contributed by atoms with Crippen molar-refractivity contribution in [2.75, 3.05) is 0 Å². The monoisotopic (exact) mass is 284 g/mol. The molecule has 1 spiro atoms. The average Bonchev–Trinajstić information content (AvgIpc) is 2.36. The molecule has 82 valence electrons. The highest BCUT2D eigenvalue weighted by atomic mass is 79.9. The minimum absolute atomic E-state index is 0.160. The van der Waals surface area contributed by atoms with E-state index in [9.17, 15) is 0 Å². The number of hydrogen-bond acceptors (Lipinski definition) is 2. The van der Waals surface area contributed by atoms with Crippen molar-refractivity contribution in [1.82, 2.24) is 0 Å². The normalized spacial score (nSPS) is 29.2. The van der Waals surface area contributed by atoms with E-state index in [1.165, 1.54) is 0 Å². The molecule has 1 atom stereocenters. The fourth-order valence-electron chi connectivity index (χ4n) is 2.43. The molecule has 1 unspecified atom stereocenters. The number of aliphatic imine (C=N–C) groups is 1. The van der Waals surface area contributed by atoms with Crippen LogP contribution in [0.2, 0.25) is 0 Å². The Labute approximate surface area is 108 Å². The zero-order valence-corrected chi connectivity index (χ0v) is 10.6. The molecule has 0 aromatic heterocycles. The second kappa shape index (κ2) is 3.68. The maximum atomic E-state index is 9.06. The van der Waals surface area contributed by atoms with Gasteiger partial charge in [-0.15, -0.1) is 0 Å². The number of nitrogens with zero attached hydrogens (tertiary/aromatic N) is 2. The quantitative estimate of drug-likeness (QED) is 0.670. The fraction of sp³-hybridized carbons (Fsp3) is 0.143. The SMILES string of the molecule is N#CC1=CC2=CC(Br)=CCC23C=NC=CC3=C1. The molecule has 0 aromatic carbocycles. The van der Waals surface area contributed by atoms with Gasteiger partial charge in [-0.25, -0.2) is 0 Å². The first-order chi connectivity index (χ1) is 8.24. The molecule has 0 fully saturated rings. The van der Waals surface area contributed by atoms with E-state index in [4.69, 9.17) is 5.26 Å². The summed E-state index contributed by atoms with van der Waals surface area (Å²) in [4.78, 5) is 4.27. The zero-order chi connectivity index (χ0) is 11.9. The van der Waals surface area contributed by atoms with Gasteiger partial charge < -0.3 is 0 Å². The van der Waals surface area contributed by atoms with Gasteiger partial charge >= 0.3 is 0 Å². The van der Waals surface area contributed by atoms with Crippen LogP contribution in [0.4, 0.5) is 0 Å². The van der Waals surface area contributed by atoms with Crippen LogP contribution in [0, 0.1) is 16.7 Å². The predicted molar refractivity (Wildman–Crippen MR) is 71.6 cm³/mol. The zero-order valence-electron chi connectivity index (χ0n) is 9.02. The summed E-state index contributed by atoms with van der Waals surface area (Å²) >= 11 is 3.50. The van der Waals surface area contributed by atoms with Gasteiger partial charge in [0.05, 0.1) is 17.1 Å². The van der Waals surface area contributed by atoms with Crippen LogP contribution >= 0.6 is 15.9 Å². The highest BCUT2D eigenvalue weighted by Gasteiger charge is 2.39. The van der Waals surface area contributed by atoms with Crippen LogP contribution in [0.15, 0.2) is 62.8 Å². The molecule has 1 heterocycles. The highest BCUT2D eigenvalue weighted by molar-refractivity contribution is 9.11. The molecule has 2 nitrogen and oxygen atoms in total. The first-order valence-electron chi connectivity index (χ1n) is 5.37. The summed E-state index contributed by atoms with van der Waals surface area (Å²) in [6.07, 6.45) is 14.7. The lowest BCUT2D eigenvalue weighted by molar-refractivity contribution is 0.623. The second-order valence-corrected chi connectivity index (χ2v) is 5.18. The Morgan fingerprint density at radius 1 is 1.29 bits per heavy atom. The topological polar surface area (TPSA) is 36.1 Å². The Morgan fingerprint density at radius 2 is 2.18 bits per heavy atom. The van der Waals surface area contributed by atoms with Crippen LogP contribution in [0.3, 0.4) is 0 Å². The van der Waals surface area contributed by atoms with Crippen molar-refractivity contribution in [3.63, 3.8) is 0 Å². The standard InChI is InChI=1S/C14H9BrN2/c15-13-1-3-14-9-17-4-2-11(14)5-10(8-16)6-12(14)7-13/h1-2,4-7,9H,3H2. The van der Waals surface area contributed by atoms with E-state index < -0.39 is 0 Å². The summed E-state index contributed by atoms with van der Waals surface area (Å²) in [5, 5.41) is 9.06. The Hall–Kier alpha value is -1.66. The van der Waals surface area contributed by atoms with E-state index in [-0.39, 0.29) is 5.41 Å². The van der Waals surface area contributed by atoms with Crippen molar-refractivity contribution in [2.24, 2.45) is 10.4 Å². The van der Waals surface area contributed by atoms with E-state index >= 15 is 0 Å². The van der Waals surface area contributed by atoms with Gasteiger partial charge in [0, 0.05) is 16.9 Å². The van der Waals surface area contributed by atoms with Crippen molar-refractivity contribution in [3.05, 3.63) is 57.8 Å². The van der Waals surface area contributed by atoms with E-state index in [0.717, 1.165) is 22.0 Å². The first kappa shape index (κ1) is 10.5. The highest BCUT2D eigenvalue weighted by Crippen LogP contribution is 2.47. The maximum Gasteiger partial charge on any atom is 0.0991 e. The van der Waals surface area contributed by atoms with Crippen molar-refractivity contribution in [1.29, 1.82) is 5.26 Å². The molecule has 17 heavy (non-hydrogen) atoms. The van der Waals surface area contributed by atoms with E-state index in [1.807, 2.05) is 24.4 Å². The third-order valence-corrected chi connectivity index (χ3v) is 3.88. The smallest absolute Gasteiger partial charge is 0.0991 e. The summed E-state index contributed by atoms with van der Waals surface area (Å²) in [7, 11) is 0. The lowest BCUT2D eigenvalue weighted by Crippen LogP contribution is -2.31. The number of hydrogen-bond donors (Lipinski definition) is 0. The molecule has 0 radical (unpaired) electrons. The third kappa shape index (κ3) is 1.49. The van der Waals surface area contributed by atoms with Crippen LogP contribution in [-0.4, -0.2) is 6.21 Å². The van der Waals surface area contributed by atoms with Gasteiger partial charge in [-0.2, -0.15) is 5.26 Å². The van der Waals surface area contributed by atoms with Crippen LogP contribution in [0.25, 0.3) is 0 Å². The van der Waals surface area contributed by atoms with Gasteiger partial charge in [0.1, 0.15) is 0 Å².